The molecule has 0 bridgehead atoms. The van der Waals surface area contributed by atoms with E-state index < -0.39 is 0 Å². The summed E-state index contributed by atoms with van der Waals surface area (Å²) in [6, 6.07) is 12.1. The first-order valence-corrected chi connectivity index (χ1v) is 7.23. The number of nitrogens with two attached hydrogens (primary N) is 1. The van der Waals surface area contributed by atoms with Gasteiger partial charge in [-0.3, -0.25) is 4.90 Å². The maximum absolute atomic E-state index is 5.99. The number of rotatable bonds is 4. The van der Waals surface area contributed by atoms with Crippen molar-refractivity contribution < 1.29 is 0 Å². The van der Waals surface area contributed by atoms with Crippen LogP contribution in [-0.4, -0.2) is 30.1 Å². The van der Waals surface area contributed by atoms with Gasteiger partial charge in [0.1, 0.15) is 0 Å². The summed E-state index contributed by atoms with van der Waals surface area (Å²) in [5.41, 5.74) is 7.37. The molecule has 2 rings (SSSR count). The summed E-state index contributed by atoms with van der Waals surface area (Å²) in [6.45, 7) is 6.55. The highest BCUT2D eigenvalue weighted by Crippen LogP contribution is 2.26. The van der Waals surface area contributed by atoms with Crippen LogP contribution in [0.5, 0.6) is 0 Å². The Morgan fingerprint density at radius 1 is 1.17 bits per heavy atom. The molecule has 2 N–H and O–H groups in total. The summed E-state index contributed by atoms with van der Waals surface area (Å²) in [7, 11) is 0. The minimum Gasteiger partial charge on any atom is -0.330 e. The van der Waals surface area contributed by atoms with E-state index in [-0.39, 0.29) is 0 Å². The lowest BCUT2D eigenvalue weighted by atomic mass is 9.93. The predicted octanol–water partition coefficient (Wildman–Crippen LogP) is 2.99. The molecule has 2 heteroatoms. The third-order valence-electron chi connectivity index (χ3n) is 4.36. The first kappa shape index (κ1) is 13.6. The van der Waals surface area contributed by atoms with Crippen LogP contribution in [0, 0.1) is 0 Å². The Morgan fingerprint density at radius 3 is 2.33 bits per heavy atom. The van der Waals surface area contributed by atoms with E-state index in [1.807, 2.05) is 0 Å². The lowest BCUT2D eigenvalue weighted by molar-refractivity contribution is 0.0963. The largest absolute Gasteiger partial charge is 0.330 e. The van der Waals surface area contributed by atoms with Gasteiger partial charge in [0.05, 0.1) is 0 Å². The van der Waals surface area contributed by atoms with Gasteiger partial charge in [-0.25, -0.2) is 0 Å². The van der Waals surface area contributed by atoms with Crippen molar-refractivity contribution in [2.45, 2.75) is 51.1 Å². The zero-order valence-electron chi connectivity index (χ0n) is 11.7. The van der Waals surface area contributed by atoms with E-state index in [9.17, 15) is 0 Å². The van der Waals surface area contributed by atoms with Crippen LogP contribution in [0.1, 0.15) is 44.6 Å². The van der Waals surface area contributed by atoms with Gasteiger partial charge < -0.3 is 5.73 Å². The van der Waals surface area contributed by atoms with Crippen molar-refractivity contribution in [2.75, 3.05) is 13.1 Å². The first-order chi connectivity index (χ1) is 8.72. The summed E-state index contributed by atoms with van der Waals surface area (Å²) in [6.07, 6.45) is 4.03. The summed E-state index contributed by atoms with van der Waals surface area (Å²) in [5, 5.41) is 0. The highest BCUT2D eigenvalue weighted by atomic mass is 15.2. The minimum atomic E-state index is 0.467. The molecule has 1 saturated heterocycles. The smallest absolute Gasteiger partial charge is 0.00890 e. The molecule has 0 aliphatic carbocycles. The Labute approximate surface area is 111 Å². The summed E-state index contributed by atoms with van der Waals surface area (Å²) in [4.78, 5) is 2.65. The summed E-state index contributed by atoms with van der Waals surface area (Å²) in [5.74, 6) is 0.467. The zero-order valence-corrected chi connectivity index (χ0v) is 11.7. The first-order valence-electron chi connectivity index (χ1n) is 7.23. The number of nitrogens with zero attached hydrogens (tertiary/aromatic N) is 1. The number of hydrogen-bond acceptors (Lipinski definition) is 2. The molecule has 18 heavy (non-hydrogen) atoms. The van der Waals surface area contributed by atoms with Crippen LogP contribution in [0.4, 0.5) is 0 Å². The quantitative estimate of drug-likeness (QED) is 0.885. The number of piperidine rings is 1. The van der Waals surface area contributed by atoms with E-state index in [2.05, 4.69) is 49.1 Å². The average molecular weight is 246 g/mol. The molecule has 1 aromatic carbocycles. The number of hydrogen-bond donors (Lipinski definition) is 1. The molecule has 100 valence electrons. The van der Waals surface area contributed by atoms with Gasteiger partial charge in [0.25, 0.3) is 0 Å². The SMILES string of the molecule is CC1CCCC(C)N1CC(CN)c1ccccc1. The molecule has 0 spiro atoms. The molecule has 0 saturated carbocycles. The number of likely N-dealkylation sites (tertiary alicyclic amines) is 1. The summed E-state index contributed by atoms with van der Waals surface area (Å²) >= 11 is 0. The Morgan fingerprint density at radius 2 is 1.78 bits per heavy atom. The lowest BCUT2D eigenvalue weighted by Gasteiger charge is -2.41. The predicted molar refractivity (Wildman–Crippen MR) is 77.7 cm³/mol. The molecule has 0 amide bonds. The van der Waals surface area contributed by atoms with Crippen LogP contribution in [0.15, 0.2) is 30.3 Å². The van der Waals surface area contributed by atoms with Crippen molar-refractivity contribution >= 4 is 0 Å². The van der Waals surface area contributed by atoms with Gasteiger partial charge in [0, 0.05) is 31.1 Å². The van der Waals surface area contributed by atoms with E-state index in [0.29, 0.717) is 18.0 Å². The number of benzene rings is 1. The molecule has 3 atom stereocenters. The molecule has 0 aromatic heterocycles. The van der Waals surface area contributed by atoms with Crippen LogP contribution in [0.25, 0.3) is 0 Å². The molecule has 0 radical (unpaired) electrons. The standard InChI is InChI=1S/C16H26N2/c1-13-7-6-8-14(2)18(13)12-16(11-17)15-9-4-3-5-10-15/h3-5,9-10,13-14,16H,6-8,11-12,17H2,1-2H3. The van der Waals surface area contributed by atoms with Gasteiger partial charge in [-0.15, -0.1) is 0 Å². The topological polar surface area (TPSA) is 29.3 Å². The fourth-order valence-corrected chi connectivity index (χ4v) is 3.13. The normalized spacial score (nSPS) is 27.1. The van der Waals surface area contributed by atoms with E-state index in [1.165, 1.54) is 24.8 Å². The molecule has 1 aromatic rings. The highest BCUT2D eigenvalue weighted by Gasteiger charge is 2.26. The molecule has 1 aliphatic heterocycles. The fraction of sp³-hybridized carbons (Fsp3) is 0.625. The van der Waals surface area contributed by atoms with Crippen molar-refractivity contribution in [3.05, 3.63) is 35.9 Å². The minimum absolute atomic E-state index is 0.467. The molecular weight excluding hydrogens is 220 g/mol. The van der Waals surface area contributed by atoms with Crippen LogP contribution < -0.4 is 5.73 Å². The summed E-state index contributed by atoms with van der Waals surface area (Å²) < 4.78 is 0. The molecule has 1 aliphatic rings. The van der Waals surface area contributed by atoms with Gasteiger partial charge in [-0.2, -0.15) is 0 Å². The van der Waals surface area contributed by atoms with Gasteiger partial charge in [0.15, 0.2) is 0 Å². The van der Waals surface area contributed by atoms with Crippen molar-refractivity contribution in [3.8, 4) is 0 Å². The molecule has 1 heterocycles. The maximum Gasteiger partial charge on any atom is 0.00890 e. The van der Waals surface area contributed by atoms with Crippen LogP contribution >= 0.6 is 0 Å². The van der Waals surface area contributed by atoms with Gasteiger partial charge in [-0.05, 0) is 32.3 Å². The van der Waals surface area contributed by atoms with E-state index >= 15 is 0 Å². The van der Waals surface area contributed by atoms with Crippen LogP contribution in [-0.2, 0) is 0 Å². The van der Waals surface area contributed by atoms with Crippen LogP contribution in [0.2, 0.25) is 0 Å². The van der Waals surface area contributed by atoms with E-state index in [0.717, 1.165) is 13.1 Å². The van der Waals surface area contributed by atoms with E-state index in [1.54, 1.807) is 0 Å². The molecule has 1 fully saturated rings. The Hall–Kier alpha value is -0.860. The highest BCUT2D eigenvalue weighted by molar-refractivity contribution is 5.20. The third kappa shape index (κ3) is 3.12. The Bertz CT molecular complexity index is 339. The van der Waals surface area contributed by atoms with Crippen LogP contribution in [0.3, 0.4) is 0 Å². The second kappa shape index (κ2) is 6.35. The van der Waals surface area contributed by atoms with Gasteiger partial charge in [0.2, 0.25) is 0 Å². The second-order valence-electron chi connectivity index (χ2n) is 5.67. The van der Waals surface area contributed by atoms with Gasteiger partial charge >= 0.3 is 0 Å². The Kier molecular flexibility index (Phi) is 4.79. The fourth-order valence-electron chi connectivity index (χ4n) is 3.13. The Balaban J connectivity index is 2.05. The van der Waals surface area contributed by atoms with Crippen molar-refractivity contribution in [1.29, 1.82) is 0 Å². The third-order valence-corrected chi connectivity index (χ3v) is 4.36. The maximum atomic E-state index is 5.99. The zero-order chi connectivity index (χ0) is 13.0. The molecule has 3 unspecified atom stereocenters. The van der Waals surface area contributed by atoms with Crippen molar-refractivity contribution in [1.82, 2.24) is 4.90 Å². The van der Waals surface area contributed by atoms with Gasteiger partial charge in [-0.1, -0.05) is 36.8 Å². The molecule has 2 nitrogen and oxygen atoms in total. The second-order valence-corrected chi connectivity index (χ2v) is 5.67. The molecular formula is C16H26N2. The van der Waals surface area contributed by atoms with Crippen molar-refractivity contribution in [2.24, 2.45) is 5.73 Å². The lowest BCUT2D eigenvalue weighted by Crippen LogP contribution is -2.46. The van der Waals surface area contributed by atoms with E-state index in [4.69, 9.17) is 5.73 Å². The average Bonchev–Trinajstić information content (AvgIpc) is 2.40. The van der Waals surface area contributed by atoms with Crippen molar-refractivity contribution in [3.63, 3.8) is 0 Å². The monoisotopic (exact) mass is 246 g/mol.